The normalized spacial score (nSPS) is 10.7. The molecule has 0 bridgehead atoms. The summed E-state index contributed by atoms with van der Waals surface area (Å²) in [6.07, 6.45) is 0. The molecule has 2 heterocycles. The van der Waals surface area contributed by atoms with Crippen LogP contribution in [0.4, 0.5) is 5.82 Å². The van der Waals surface area contributed by atoms with Crippen molar-refractivity contribution in [2.45, 2.75) is 20.5 Å². The average Bonchev–Trinajstić information content (AvgIpc) is 3.13. The smallest absolute Gasteiger partial charge is 0.348 e. The van der Waals surface area contributed by atoms with Gasteiger partial charge in [-0.25, -0.2) is 19.6 Å². The number of fused-ring (bicyclic) bond motifs is 1. The van der Waals surface area contributed by atoms with Crippen LogP contribution in [0.15, 0.2) is 12.1 Å². The molecule has 0 spiro atoms. The Bertz CT molecular complexity index is 1180. The Morgan fingerprint density at radius 2 is 1.62 bits per heavy atom. The number of thiophene rings is 1. The van der Waals surface area contributed by atoms with Crippen molar-refractivity contribution in [2.24, 2.45) is 0 Å². The first kappa shape index (κ1) is 23.1. The van der Waals surface area contributed by atoms with Crippen molar-refractivity contribution in [3.63, 3.8) is 0 Å². The molecule has 2 N–H and O–H groups in total. The van der Waals surface area contributed by atoms with Crippen LogP contribution in [0.25, 0.3) is 10.2 Å². The lowest BCUT2D eigenvalue weighted by atomic mass is 10.1. The van der Waals surface area contributed by atoms with Crippen LogP contribution in [0, 0.1) is 6.92 Å². The SMILES string of the molecule is CCOC(=O)c1sc2nc(COC(=O)c3cc(OC)c(OC)cc3OC)nc(N)c2c1C. The zero-order chi connectivity index (χ0) is 23.4. The fraction of sp³-hybridized carbons (Fsp3) is 0.333. The van der Waals surface area contributed by atoms with Gasteiger partial charge in [0.15, 0.2) is 23.9 Å². The van der Waals surface area contributed by atoms with E-state index in [2.05, 4.69) is 9.97 Å². The first-order valence-corrected chi connectivity index (χ1v) is 10.4. The molecule has 0 unspecified atom stereocenters. The van der Waals surface area contributed by atoms with Gasteiger partial charge in [-0.2, -0.15) is 0 Å². The van der Waals surface area contributed by atoms with Crippen molar-refractivity contribution in [3.8, 4) is 17.2 Å². The summed E-state index contributed by atoms with van der Waals surface area (Å²) in [5, 5.41) is 0.578. The van der Waals surface area contributed by atoms with Crippen molar-refractivity contribution in [2.75, 3.05) is 33.7 Å². The van der Waals surface area contributed by atoms with Crippen molar-refractivity contribution < 1.29 is 33.3 Å². The summed E-state index contributed by atoms with van der Waals surface area (Å²) in [7, 11) is 4.36. The average molecular weight is 461 g/mol. The molecule has 0 fully saturated rings. The van der Waals surface area contributed by atoms with E-state index in [1.807, 2.05) is 0 Å². The number of anilines is 1. The first-order chi connectivity index (χ1) is 15.3. The second-order valence-corrected chi connectivity index (χ2v) is 7.46. The quantitative estimate of drug-likeness (QED) is 0.499. The van der Waals surface area contributed by atoms with E-state index in [1.54, 1.807) is 13.8 Å². The second kappa shape index (κ2) is 9.69. The summed E-state index contributed by atoms with van der Waals surface area (Å²) in [6.45, 7) is 3.51. The van der Waals surface area contributed by atoms with Gasteiger partial charge in [0.1, 0.15) is 26.8 Å². The van der Waals surface area contributed by atoms with Crippen molar-refractivity contribution >= 4 is 39.3 Å². The van der Waals surface area contributed by atoms with Gasteiger partial charge in [0.05, 0.1) is 33.3 Å². The standard InChI is InChI=1S/C21H23N3O7S/c1-6-30-21(26)17-10(2)16-18(22)23-15(24-19(16)32-17)9-31-20(25)11-7-13(28-4)14(29-5)8-12(11)27-3/h7-8H,6,9H2,1-5H3,(H2,22,23,24). The lowest BCUT2D eigenvalue weighted by Gasteiger charge is -2.13. The highest BCUT2D eigenvalue weighted by Crippen LogP contribution is 2.35. The number of esters is 2. The minimum atomic E-state index is -0.667. The summed E-state index contributed by atoms with van der Waals surface area (Å²) >= 11 is 1.15. The van der Waals surface area contributed by atoms with Gasteiger partial charge in [-0.3, -0.25) is 0 Å². The van der Waals surface area contributed by atoms with Crippen LogP contribution in [-0.4, -0.2) is 49.8 Å². The van der Waals surface area contributed by atoms with Gasteiger partial charge in [-0.05, 0) is 19.4 Å². The Labute approximate surface area is 188 Å². The number of nitrogen functional groups attached to an aromatic ring is 1. The van der Waals surface area contributed by atoms with E-state index in [9.17, 15) is 9.59 Å². The van der Waals surface area contributed by atoms with Crippen LogP contribution in [-0.2, 0) is 16.1 Å². The van der Waals surface area contributed by atoms with Crippen LogP contribution >= 0.6 is 11.3 Å². The highest BCUT2D eigenvalue weighted by molar-refractivity contribution is 7.20. The molecular formula is C21H23N3O7S. The minimum absolute atomic E-state index is 0.149. The number of hydrogen-bond donors (Lipinski definition) is 1. The van der Waals surface area contributed by atoms with Crippen LogP contribution in [0.5, 0.6) is 17.2 Å². The zero-order valence-corrected chi connectivity index (χ0v) is 19.1. The Balaban J connectivity index is 1.86. The molecule has 3 aromatic rings. The van der Waals surface area contributed by atoms with E-state index in [-0.39, 0.29) is 36.2 Å². The third-order valence-corrected chi connectivity index (χ3v) is 5.75. The monoisotopic (exact) mass is 461 g/mol. The minimum Gasteiger partial charge on any atom is -0.496 e. The van der Waals surface area contributed by atoms with Gasteiger partial charge < -0.3 is 29.4 Å². The fourth-order valence-electron chi connectivity index (χ4n) is 3.07. The number of benzene rings is 1. The molecule has 0 saturated heterocycles. The molecule has 0 aliphatic rings. The lowest BCUT2D eigenvalue weighted by Crippen LogP contribution is -2.10. The molecule has 0 aliphatic heterocycles. The number of nitrogens with zero attached hydrogens (tertiary/aromatic N) is 2. The maximum Gasteiger partial charge on any atom is 0.348 e. The van der Waals surface area contributed by atoms with Crippen LogP contribution < -0.4 is 19.9 Å². The lowest BCUT2D eigenvalue weighted by molar-refractivity contribution is 0.0457. The predicted octanol–water partition coefficient (Wildman–Crippen LogP) is 3.14. The number of rotatable bonds is 8. The Morgan fingerprint density at radius 1 is 0.969 bits per heavy atom. The molecule has 2 aromatic heterocycles. The van der Waals surface area contributed by atoms with Gasteiger partial charge in [0.2, 0.25) is 0 Å². The zero-order valence-electron chi connectivity index (χ0n) is 18.3. The van der Waals surface area contributed by atoms with Gasteiger partial charge in [0.25, 0.3) is 0 Å². The maximum absolute atomic E-state index is 12.7. The molecule has 0 amide bonds. The Kier molecular flexibility index (Phi) is 6.98. The molecule has 0 radical (unpaired) electrons. The highest BCUT2D eigenvalue weighted by atomic mass is 32.1. The molecule has 1 aromatic carbocycles. The molecular weight excluding hydrogens is 438 g/mol. The van der Waals surface area contributed by atoms with E-state index in [0.717, 1.165) is 11.3 Å². The number of aromatic nitrogens is 2. The van der Waals surface area contributed by atoms with Crippen molar-refractivity contribution in [1.29, 1.82) is 0 Å². The summed E-state index contributed by atoms with van der Waals surface area (Å²) < 4.78 is 26.2. The second-order valence-electron chi connectivity index (χ2n) is 6.47. The number of nitrogens with two attached hydrogens (primary N) is 1. The molecule has 0 aliphatic carbocycles. The maximum atomic E-state index is 12.7. The number of hydrogen-bond acceptors (Lipinski definition) is 11. The summed E-state index contributed by atoms with van der Waals surface area (Å²) in [5.74, 6) is 0.293. The van der Waals surface area contributed by atoms with E-state index >= 15 is 0 Å². The number of aryl methyl sites for hydroxylation is 1. The summed E-state index contributed by atoms with van der Waals surface area (Å²) in [4.78, 5) is 34.4. The van der Waals surface area contributed by atoms with Crippen LogP contribution in [0.2, 0.25) is 0 Å². The van der Waals surface area contributed by atoms with Gasteiger partial charge >= 0.3 is 11.9 Å². The van der Waals surface area contributed by atoms with Gasteiger partial charge in [-0.1, -0.05) is 0 Å². The van der Waals surface area contributed by atoms with Crippen LogP contribution in [0.1, 0.15) is 38.3 Å². The Hall–Kier alpha value is -3.60. The Morgan fingerprint density at radius 3 is 2.25 bits per heavy atom. The van der Waals surface area contributed by atoms with E-state index < -0.39 is 11.9 Å². The van der Waals surface area contributed by atoms with Crippen molar-refractivity contribution in [1.82, 2.24) is 9.97 Å². The molecule has 0 saturated carbocycles. The third-order valence-electron chi connectivity index (χ3n) is 4.58. The summed E-state index contributed by atoms with van der Waals surface area (Å²) in [6, 6.07) is 2.99. The van der Waals surface area contributed by atoms with E-state index in [1.165, 1.54) is 33.5 Å². The predicted molar refractivity (Wildman–Crippen MR) is 118 cm³/mol. The largest absolute Gasteiger partial charge is 0.496 e. The fourth-order valence-corrected chi connectivity index (χ4v) is 4.17. The number of carbonyl (C=O) groups excluding carboxylic acids is 2. The molecule has 10 nitrogen and oxygen atoms in total. The molecule has 3 rings (SSSR count). The third kappa shape index (κ3) is 4.37. The molecule has 11 heteroatoms. The number of methoxy groups -OCH3 is 3. The first-order valence-electron chi connectivity index (χ1n) is 9.54. The van der Waals surface area contributed by atoms with Crippen LogP contribution in [0.3, 0.4) is 0 Å². The number of ether oxygens (including phenoxy) is 5. The molecule has 32 heavy (non-hydrogen) atoms. The number of carbonyl (C=O) groups is 2. The molecule has 170 valence electrons. The molecule has 0 atom stereocenters. The topological polar surface area (TPSA) is 132 Å². The van der Waals surface area contributed by atoms with Crippen molar-refractivity contribution in [3.05, 3.63) is 34.0 Å². The van der Waals surface area contributed by atoms with Gasteiger partial charge in [-0.15, -0.1) is 11.3 Å². The summed E-state index contributed by atoms with van der Waals surface area (Å²) in [5.41, 5.74) is 6.89. The highest BCUT2D eigenvalue weighted by Gasteiger charge is 2.22. The van der Waals surface area contributed by atoms with Gasteiger partial charge in [0, 0.05) is 12.1 Å². The van der Waals surface area contributed by atoms with E-state index in [4.69, 9.17) is 29.4 Å². The van der Waals surface area contributed by atoms with E-state index in [0.29, 0.717) is 32.2 Å².